The van der Waals surface area contributed by atoms with Crippen molar-refractivity contribution in [1.29, 1.82) is 0 Å². The monoisotopic (exact) mass is 554 g/mol. The summed E-state index contributed by atoms with van der Waals surface area (Å²) in [4.78, 5) is 45.0. The predicted octanol–water partition coefficient (Wildman–Crippen LogP) is 5.67. The van der Waals surface area contributed by atoms with E-state index in [0.29, 0.717) is 21.8 Å². The number of nitrogens with zero attached hydrogens (tertiary/aromatic N) is 2. The molecule has 3 aromatic carbocycles. The molecule has 5 rings (SSSR count). The number of carbonyl (C=O) groups is 3. The van der Waals surface area contributed by atoms with Crippen LogP contribution in [-0.4, -0.2) is 33.8 Å². The van der Waals surface area contributed by atoms with Crippen LogP contribution in [0.2, 0.25) is 5.02 Å². The zero-order chi connectivity index (χ0) is 28.1. The summed E-state index contributed by atoms with van der Waals surface area (Å²) in [6.45, 7) is 2.43. The molecule has 0 bridgehead atoms. The van der Waals surface area contributed by atoms with Gasteiger partial charge in [-0.1, -0.05) is 65.7 Å². The quantitative estimate of drug-likeness (QED) is 0.292. The average Bonchev–Trinajstić information content (AvgIpc) is 3.29. The first-order chi connectivity index (χ1) is 19.4. The molecular formula is C31H27ClN4O4. The molecule has 0 aliphatic carbocycles. The van der Waals surface area contributed by atoms with Gasteiger partial charge in [-0.15, -0.1) is 0 Å². The Morgan fingerprint density at radius 2 is 1.77 bits per heavy atom. The first-order valence-corrected chi connectivity index (χ1v) is 13.1. The molecule has 1 aliphatic rings. The van der Waals surface area contributed by atoms with Gasteiger partial charge in [-0.05, 0) is 60.0 Å². The minimum absolute atomic E-state index is 0.200. The van der Waals surface area contributed by atoms with E-state index in [-0.39, 0.29) is 24.9 Å². The number of carbonyl (C=O) groups excluding carboxylic acids is 3. The van der Waals surface area contributed by atoms with Gasteiger partial charge in [-0.3, -0.25) is 19.5 Å². The second-order valence-corrected chi connectivity index (χ2v) is 9.97. The molecule has 2 heterocycles. The normalized spacial score (nSPS) is 16.4. The van der Waals surface area contributed by atoms with Crippen LogP contribution in [0.1, 0.15) is 38.7 Å². The van der Waals surface area contributed by atoms with E-state index in [2.05, 4.69) is 15.6 Å². The third-order valence-corrected chi connectivity index (χ3v) is 6.81. The van der Waals surface area contributed by atoms with Crippen molar-refractivity contribution in [3.63, 3.8) is 0 Å². The van der Waals surface area contributed by atoms with E-state index in [9.17, 15) is 14.4 Å². The number of amides is 3. The van der Waals surface area contributed by atoms with Crippen molar-refractivity contribution in [2.75, 3.05) is 5.32 Å². The molecule has 1 aromatic heterocycles. The van der Waals surface area contributed by atoms with E-state index >= 15 is 0 Å². The van der Waals surface area contributed by atoms with Crippen molar-refractivity contribution in [2.45, 2.75) is 32.2 Å². The van der Waals surface area contributed by atoms with Crippen LogP contribution in [0.25, 0.3) is 0 Å². The van der Waals surface area contributed by atoms with Gasteiger partial charge in [0.15, 0.2) is 12.1 Å². The van der Waals surface area contributed by atoms with Gasteiger partial charge in [0.05, 0.1) is 6.54 Å². The maximum absolute atomic E-state index is 13.6. The number of ether oxygens (including phenoxy) is 1. The number of benzene rings is 3. The fourth-order valence-corrected chi connectivity index (χ4v) is 4.71. The third kappa shape index (κ3) is 6.30. The van der Waals surface area contributed by atoms with E-state index in [0.717, 1.165) is 16.7 Å². The van der Waals surface area contributed by atoms with Crippen molar-refractivity contribution in [1.82, 2.24) is 15.2 Å². The lowest BCUT2D eigenvalue weighted by molar-refractivity contribution is -0.126. The highest BCUT2D eigenvalue weighted by molar-refractivity contribution is 6.31. The van der Waals surface area contributed by atoms with Gasteiger partial charge in [0.1, 0.15) is 0 Å². The van der Waals surface area contributed by atoms with E-state index in [1.807, 2.05) is 37.3 Å². The van der Waals surface area contributed by atoms with Gasteiger partial charge >= 0.3 is 6.09 Å². The van der Waals surface area contributed by atoms with E-state index in [1.165, 1.54) is 4.90 Å². The summed E-state index contributed by atoms with van der Waals surface area (Å²) in [6.07, 6.45) is 1.84. The van der Waals surface area contributed by atoms with Crippen LogP contribution in [-0.2, 0) is 22.6 Å². The fourth-order valence-electron chi connectivity index (χ4n) is 4.52. The smallest absolute Gasteiger partial charge is 0.411 e. The lowest BCUT2D eigenvalue weighted by atomic mass is 9.99. The predicted molar refractivity (Wildman–Crippen MR) is 152 cm³/mol. The van der Waals surface area contributed by atoms with Crippen LogP contribution in [0.15, 0.2) is 97.3 Å². The Kier molecular flexibility index (Phi) is 8.07. The Morgan fingerprint density at radius 1 is 0.975 bits per heavy atom. The number of hydrogen-bond donors (Lipinski definition) is 2. The van der Waals surface area contributed by atoms with Gasteiger partial charge in [-0.25, -0.2) is 4.79 Å². The minimum atomic E-state index is -0.940. The number of pyridine rings is 1. The van der Waals surface area contributed by atoms with Crippen molar-refractivity contribution in [2.24, 2.45) is 0 Å². The highest BCUT2D eigenvalue weighted by atomic mass is 35.5. The Bertz CT molecular complexity index is 1530. The molecule has 202 valence electrons. The number of aromatic nitrogens is 1. The van der Waals surface area contributed by atoms with Crippen molar-refractivity contribution in [3.8, 4) is 0 Å². The molecule has 8 nitrogen and oxygen atoms in total. The van der Waals surface area contributed by atoms with Crippen LogP contribution in [0.5, 0.6) is 0 Å². The zero-order valence-corrected chi connectivity index (χ0v) is 22.5. The molecule has 4 aromatic rings. The molecule has 9 heteroatoms. The summed E-state index contributed by atoms with van der Waals surface area (Å²) in [5.74, 6) is -0.699. The number of anilines is 1. The highest BCUT2D eigenvalue weighted by Gasteiger charge is 2.47. The zero-order valence-electron chi connectivity index (χ0n) is 21.7. The highest BCUT2D eigenvalue weighted by Crippen LogP contribution is 2.35. The summed E-state index contributed by atoms with van der Waals surface area (Å²) in [7, 11) is 0. The van der Waals surface area contributed by atoms with Gasteiger partial charge < -0.3 is 15.4 Å². The maximum atomic E-state index is 13.6. The van der Waals surface area contributed by atoms with Crippen LogP contribution in [0, 0.1) is 6.92 Å². The van der Waals surface area contributed by atoms with Crippen LogP contribution >= 0.6 is 11.6 Å². The summed E-state index contributed by atoms with van der Waals surface area (Å²) < 4.78 is 5.79. The number of rotatable bonds is 8. The van der Waals surface area contributed by atoms with Crippen LogP contribution < -0.4 is 10.6 Å². The van der Waals surface area contributed by atoms with E-state index in [1.54, 1.807) is 67.0 Å². The molecule has 0 radical (unpaired) electrons. The second-order valence-electron chi connectivity index (χ2n) is 9.53. The average molecular weight is 555 g/mol. The first-order valence-electron chi connectivity index (χ1n) is 12.7. The molecule has 0 spiro atoms. The van der Waals surface area contributed by atoms with Crippen molar-refractivity contribution < 1.29 is 19.1 Å². The lowest BCUT2D eigenvalue weighted by Crippen LogP contribution is -2.46. The molecule has 1 fully saturated rings. The second kappa shape index (κ2) is 12.0. The molecule has 0 unspecified atom stereocenters. The summed E-state index contributed by atoms with van der Waals surface area (Å²) in [5, 5.41) is 6.22. The Balaban J connectivity index is 1.40. The number of cyclic esters (lactones) is 1. The van der Waals surface area contributed by atoms with E-state index < -0.39 is 18.2 Å². The summed E-state index contributed by atoms with van der Waals surface area (Å²) in [6, 6.07) is 24.0. The molecule has 0 saturated carbocycles. The SMILES string of the molecule is Cc1ccc(CN2C(=O)O[C@@H](c3cccc(NC(=O)c4cccc(Cl)c4)c3)[C@@H]2C(=O)NCc2cccnc2)cc1. The topological polar surface area (TPSA) is 101 Å². The van der Waals surface area contributed by atoms with Gasteiger partial charge in [0, 0.05) is 35.2 Å². The number of nitrogens with one attached hydrogen (secondary N) is 2. The largest absolute Gasteiger partial charge is 0.438 e. The molecule has 40 heavy (non-hydrogen) atoms. The Labute approximate surface area is 236 Å². The molecule has 2 N–H and O–H groups in total. The minimum Gasteiger partial charge on any atom is -0.438 e. The standard InChI is InChI=1S/C31H27ClN4O4/c1-20-10-12-21(13-11-20)19-36-27(30(38)34-18-22-5-4-14-33-17-22)28(40-31(36)39)23-6-3-9-26(16-23)35-29(37)24-7-2-8-25(32)15-24/h2-17,27-28H,18-19H2,1H3,(H,34,38)(H,35,37)/t27-,28+/m1/s1. The Morgan fingerprint density at radius 3 is 2.52 bits per heavy atom. The molecule has 1 saturated heterocycles. The number of hydrogen-bond acceptors (Lipinski definition) is 5. The Hall–Kier alpha value is -4.69. The third-order valence-electron chi connectivity index (χ3n) is 6.58. The number of halogens is 1. The van der Waals surface area contributed by atoms with Crippen LogP contribution in [0.3, 0.4) is 0 Å². The van der Waals surface area contributed by atoms with Gasteiger partial charge in [-0.2, -0.15) is 0 Å². The molecular weight excluding hydrogens is 528 g/mol. The van der Waals surface area contributed by atoms with Gasteiger partial charge in [0.25, 0.3) is 5.91 Å². The molecule has 3 amide bonds. The molecule has 1 aliphatic heterocycles. The fraction of sp³-hybridized carbons (Fsp3) is 0.161. The van der Waals surface area contributed by atoms with Gasteiger partial charge in [0.2, 0.25) is 5.91 Å². The first kappa shape index (κ1) is 26.9. The van der Waals surface area contributed by atoms with E-state index in [4.69, 9.17) is 16.3 Å². The number of aryl methyl sites for hydroxylation is 1. The van der Waals surface area contributed by atoms with Crippen LogP contribution in [0.4, 0.5) is 10.5 Å². The van der Waals surface area contributed by atoms with Crippen molar-refractivity contribution in [3.05, 3.63) is 130 Å². The maximum Gasteiger partial charge on any atom is 0.411 e. The molecule has 2 atom stereocenters. The summed E-state index contributed by atoms with van der Waals surface area (Å²) >= 11 is 6.03. The summed E-state index contributed by atoms with van der Waals surface area (Å²) in [5.41, 5.74) is 4.26. The lowest BCUT2D eigenvalue weighted by Gasteiger charge is -2.24. The van der Waals surface area contributed by atoms with Crippen molar-refractivity contribution >= 4 is 35.2 Å².